The van der Waals surface area contributed by atoms with E-state index in [1.807, 2.05) is 43.7 Å². The molecule has 0 aliphatic heterocycles. The molecule has 1 N–H and O–H groups in total. The maximum Gasteiger partial charge on any atom is 0.138 e. The van der Waals surface area contributed by atoms with Crippen LogP contribution in [-0.4, -0.2) is 19.7 Å². The van der Waals surface area contributed by atoms with Crippen molar-refractivity contribution in [2.45, 2.75) is 0 Å². The standard InChI is InChI=1S/C18H13N5/c1-23-11-14(10-21-23)15-5-6-20-18-16(15)8-17(22-18)13-4-2-3-12(7-13)9-19/h2-8,10-11H,1H3,(H,20,22). The van der Waals surface area contributed by atoms with E-state index in [1.54, 1.807) is 16.9 Å². The maximum absolute atomic E-state index is 9.06. The highest BCUT2D eigenvalue weighted by Crippen LogP contribution is 2.31. The van der Waals surface area contributed by atoms with Crippen LogP contribution in [0.25, 0.3) is 33.4 Å². The van der Waals surface area contributed by atoms with Crippen molar-refractivity contribution in [1.29, 1.82) is 5.26 Å². The Morgan fingerprint density at radius 3 is 2.87 bits per heavy atom. The van der Waals surface area contributed by atoms with Crippen LogP contribution in [0.3, 0.4) is 0 Å². The summed E-state index contributed by atoms with van der Waals surface area (Å²) in [7, 11) is 1.90. The van der Waals surface area contributed by atoms with E-state index in [-0.39, 0.29) is 0 Å². The molecule has 4 aromatic rings. The van der Waals surface area contributed by atoms with Crippen LogP contribution in [0, 0.1) is 11.3 Å². The van der Waals surface area contributed by atoms with Gasteiger partial charge in [0, 0.05) is 36.1 Å². The zero-order chi connectivity index (χ0) is 15.8. The number of aromatic amines is 1. The van der Waals surface area contributed by atoms with Crippen LogP contribution in [0.5, 0.6) is 0 Å². The summed E-state index contributed by atoms with van der Waals surface area (Å²) in [4.78, 5) is 7.75. The zero-order valence-corrected chi connectivity index (χ0v) is 12.5. The molecule has 0 spiro atoms. The van der Waals surface area contributed by atoms with Gasteiger partial charge in [-0.2, -0.15) is 10.4 Å². The number of fused-ring (bicyclic) bond motifs is 1. The quantitative estimate of drug-likeness (QED) is 0.616. The van der Waals surface area contributed by atoms with E-state index in [9.17, 15) is 0 Å². The van der Waals surface area contributed by atoms with Crippen molar-refractivity contribution >= 4 is 11.0 Å². The number of aryl methyl sites for hydroxylation is 1. The average molecular weight is 299 g/mol. The summed E-state index contributed by atoms with van der Waals surface area (Å²) in [6, 6.07) is 13.8. The molecule has 3 heterocycles. The van der Waals surface area contributed by atoms with Crippen LogP contribution in [0.2, 0.25) is 0 Å². The fourth-order valence-electron chi connectivity index (χ4n) is 2.75. The summed E-state index contributed by atoms with van der Waals surface area (Å²) in [6.07, 6.45) is 5.62. The van der Waals surface area contributed by atoms with Gasteiger partial charge in [0.05, 0.1) is 17.8 Å². The molecule has 0 atom stereocenters. The molecule has 3 aromatic heterocycles. The van der Waals surface area contributed by atoms with Crippen LogP contribution in [0.1, 0.15) is 5.56 Å². The van der Waals surface area contributed by atoms with Crippen molar-refractivity contribution in [1.82, 2.24) is 19.7 Å². The van der Waals surface area contributed by atoms with Gasteiger partial charge in [-0.3, -0.25) is 4.68 Å². The highest BCUT2D eigenvalue weighted by Gasteiger charge is 2.11. The van der Waals surface area contributed by atoms with Gasteiger partial charge in [-0.1, -0.05) is 12.1 Å². The number of hydrogen-bond acceptors (Lipinski definition) is 3. The molecular weight excluding hydrogens is 286 g/mol. The number of nitrogens with one attached hydrogen (secondary N) is 1. The fourth-order valence-corrected chi connectivity index (χ4v) is 2.75. The van der Waals surface area contributed by atoms with Crippen LogP contribution in [0.4, 0.5) is 0 Å². The summed E-state index contributed by atoms with van der Waals surface area (Å²) in [5, 5.41) is 14.3. The van der Waals surface area contributed by atoms with E-state index >= 15 is 0 Å². The lowest BCUT2D eigenvalue weighted by Gasteiger charge is -1.98. The Kier molecular flexibility index (Phi) is 2.95. The van der Waals surface area contributed by atoms with E-state index in [1.165, 1.54) is 0 Å². The number of H-pyrrole nitrogens is 1. The minimum Gasteiger partial charge on any atom is -0.339 e. The summed E-state index contributed by atoms with van der Waals surface area (Å²) in [5.74, 6) is 0. The third kappa shape index (κ3) is 2.27. The van der Waals surface area contributed by atoms with Gasteiger partial charge in [0.2, 0.25) is 0 Å². The lowest BCUT2D eigenvalue weighted by molar-refractivity contribution is 0.768. The van der Waals surface area contributed by atoms with Crippen molar-refractivity contribution in [3.8, 4) is 28.5 Å². The molecule has 0 fully saturated rings. The molecule has 1 aromatic carbocycles. The Morgan fingerprint density at radius 2 is 2.09 bits per heavy atom. The number of rotatable bonds is 2. The topological polar surface area (TPSA) is 70.3 Å². The Labute approximate surface area is 132 Å². The largest absolute Gasteiger partial charge is 0.339 e. The Morgan fingerprint density at radius 1 is 1.17 bits per heavy atom. The second kappa shape index (κ2) is 5.11. The molecule has 0 saturated carbocycles. The first-order chi connectivity index (χ1) is 11.2. The number of benzene rings is 1. The van der Waals surface area contributed by atoms with Gasteiger partial charge in [-0.15, -0.1) is 0 Å². The van der Waals surface area contributed by atoms with Crippen molar-refractivity contribution < 1.29 is 0 Å². The van der Waals surface area contributed by atoms with Crippen LogP contribution in [0.15, 0.2) is 55.0 Å². The summed E-state index contributed by atoms with van der Waals surface area (Å²) >= 11 is 0. The summed E-state index contributed by atoms with van der Waals surface area (Å²) in [6.45, 7) is 0. The zero-order valence-electron chi connectivity index (χ0n) is 12.5. The molecule has 5 heteroatoms. The van der Waals surface area contributed by atoms with Gasteiger partial charge in [-0.25, -0.2) is 4.98 Å². The third-order valence-corrected chi connectivity index (χ3v) is 3.85. The predicted molar refractivity (Wildman–Crippen MR) is 88.4 cm³/mol. The SMILES string of the molecule is Cn1cc(-c2ccnc3[nH]c(-c4cccc(C#N)c4)cc23)cn1. The molecule has 110 valence electrons. The first kappa shape index (κ1) is 13.3. The molecular formula is C18H13N5. The molecule has 23 heavy (non-hydrogen) atoms. The molecule has 0 amide bonds. The Hall–Kier alpha value is -3.39. The summed E-state index contributed by atoms with van der Waals surface area (Å²) in [5.41, 5.74) is 5.52. The van der Waals surface area contributed by atoms with Crippen molar-refractivity contribution in [3.63, 3.8) is 0 Å². The molecule has 4 rings (SSSR count). The van der Waals surface area contributed by atoms with Gasteiger partial charge in [-0.05, 0) is 35.4 Å². The van der Waals surface area contributed by atoms with Gasteiger partial charge in [0.15, 0.2) is 0 Å². The monoisotopic (exact) mass is 299 g/mol. The van der Waals surface area contributed by atoms with Crippen molar-refractivity contribution in [2.75, 3.05) is 0 Å². The van der Waals surface area contributed by atoms with Crippen molar-refractivity contribution in [2.24, 2.45) is 7.05 Å². The minimum atomic E-state index is 0.640. The van der Waals surface area contributed by atoms with Gasteiger partial charge in [0.1, 0.15) is 5.65 Å². The van der Waals surface area contributed by atoms with Gasteiger partial charge in [0.25, 0.3) is 0 Å². The van der Waals surface area contributed by atoms with Crippen LogP contribution < -0.4 is 0 Å². The average Bonchev–Trinajstić information content (AvgIpc) is 3.20. The number of aromatic nitrogens is 4. The highest BCUT2D eigenvalue weighted by molar-refractivity contribution is 5.95. The van der Waals surface area contributed by atoms with E-state index in [0.717, 1.165) is 33.4 Å². The summed E-state index contributed by atoms with van der Waals surface area (Å²) < 4.78 is 1.78. The number of nitrogens with zero attached hydrogens (tertiary/aromatic N) is 4. The molecule has 0 saturated heterocycles. The first-order valence-corrected chi connectivity index (χ1v) is 7.22. The van der Waals surface area contributed by atoms with Crippen molar-refractivity contribution in [3.05, 3.63) is 60.6 Å². The fraction of sp³-hybridized carbons (Fsp3) is 0.0556. The molecule has 0 bridgehead atoms. The van der Waals surface area contributed by atoms with E-state index in [2.05, 4.69) is 27.2 Å². The normalized spacial score (nSPS) is 10.8. The van der Waals surface area contributed by atoms with Crippen LogP contribution in [-0.2, 0) is 7.05 Å². The second-order valence-corrected chi connectivity index (χ2v) is 5.40. The Balaban J connectivity index is 1.90. The smallest absolute Gasteiger partial charge is 0.138 e. The van der Waals surface area contributed by atoms with Gasteiger partial charge < -0.3 is 4.98 Å². The van der Waals surface area contributed by atoms with E-state index in [0.29, 0.717) is 5.56 Å². The number of nitriles is 1. The van der Waals surface area contributed by atoms with E-state index < -0.39 is 0 Å². The lowest BCUT2D eigenvalue weighted by atomic mass is 10.1. The predicted octanol–water partition coefficient (Wildman–Crippen LogP) is 3.50. The molecule has 0 radical (unpaired) electrons. The maximum atomic E-state index is 9.06. The Bertz CT molecular complexity index is 1050. The second-order valence-electron chi connectivity index (χ2n) is 5.40. The number of pyridine rings is 1. The number of hydrogen-bond donors (Lipinski definition) is 1. The molecule has 0 aliphatic carbocycles. The molecule has 0 aliphatic rings. The lowest BCUT2D eigenvalue weighted by Crippen LogP contribution is -1.84. The minimum absolute atomic E-state index is 0.640. The molecule has 5 nitrogen and oxygen atoms in total. The molecule has 0 unspecified atom stereocenters. The first-order valence-electron chi connectivity index (χ1n) is 7.22. The third-order valence-electron chi connectivity index (χ3n) is 3.85. The van der Waals surface area contributed by atoms with E-state index in [4.69, 9.17) is 5.26 Å². The van der Waals surface area contributed by atoms with Crippen LogP contribution >= 0.6 is 0 Å². The highest BCUT2D eigenvalue weighted by atomic mass is 15.2. The van der Waals surface area contributed by atoms with Gasteiger partial charge >= 0.3 is 0 Å².